The van der Waals surface area contributed by atoms with Gasteiger partial charge in [0, 0.05) is 41.3 Å². The molecule has 0 aromatic heterocycles. The van der Waals surface area contributed by atoms with Gasteiger partial charge in [0.25, 0.3) is 0 Å². The highest BCUT2D eigenvalue weighted by atomic mass is 127. The van der Waals surface area contributed by atoms with Gasteiger partial charge < -0.3 is 10.2 Å². The Labute approximate surface area is 203 Å². The van der Waals surface area contributed by atoms with Crippen LogP contribution in [-0.4, -0.2) is 24.4 Å². The van der Waals surface area contributed by atoms with Gasteiger partial charge in [0.2, 0.25) is 5.91 Å². The number of alkyl halides is 1. The highest BCUT2D eigenvalue weighted by molar-refractivity contribution is 14.1. The van der Waals surface area contributed by atoms with E-state index in [1.165, 1.54) is 11.3 Å². The molecule has 3 rings (SSSR count). The van der Waals surface area contributed by atoms with Crippen LogP contribution in [0.2, 0.25) is 0 Å². The van der Waals surface area contributed by atoms with E-state index >= 15 is 0 Å². The maximum absolute atomic E-state index is 12.2. The number of benzene rings is 3. The summed E-state index contributed by atoms with van der Waals surface area (Å²) in [5.74, 6) is 0.912. The van der Waals surface area contributed by atoms with Gasteiger partial charge in [-0.1, -0.05) is 83.3 Å². The Morgan fingerprint density at radius 2 is 1.65 bits per heavy atom. The normalized spacial score (nSPS) is 10.9. The standard InChI is InChI=1S/C26H27IN2OS/c1-29(2)23-13-10-20(11-14-23)8-9-21-12-15-24(28-26(30)16-17-27)25(18-21)31-19-22-6-4-3-5-7-22/h3-15,18H,16-17,19H2,1-2H3,(H,28,30)/b9-8+. The number of halogens is 1. The van der Waals surface area contributed by atoms with Crippen LogP contribution in [0.3, 0.4) is 0 Å². The van der Waals surface area contributed by atoms with Crippen molar-refractivity contribution in [2.24, 2.45) is 0 Å². The summed E-state index contributed by atoms with van der Waals surface area (Å²) in [7, 11) is 4.08. The summed E-state index contributed by atoms with van der Waals surface area (Å²) in [5.41, 5.74) is 5.59. The Morgan fingerprint density at radius 3 is 2.32 bits per heavy atom. The van der Waals surface area contributed by atoms with Gasteiger partial charge in [0.15, 0.2) is 0 Å². The lowest BCUT2D eigenvalue weighted by atomic mass is 10.1. The monoisotopic (exact) mass is 542 g/mol. The molecule has 0 aliphatic heterocycles. The van der Waals surface area contributed by atoms with Crippen LogP contribution < -0.4 is 10.2 Å². The molecule has 0 saturated carbocycles. The third kappa shape index (κ3) is 7.43. The predicted octanol–water partition coefficient (Wildman–Crippen LogP) is 6.98. The van der Waals surface area contributed by atoms with E-state index in [1.807, 2.05) is 26.2 Å². The molecule has 0 aliphatic carbocycles. The van der Waals surface area contributed by atoms with Gasteiger partial charge in [-0.3, -0.25) is 4.79 Å². The fourth-order valence-electron chi connectivity index (χ4n) is 2.98. The van der Waals surface area contributed by atoms with Crippen molar-refractivity contribution >= 4 is 63.8 Å². The molecule has 1 amide bonds. The molecule has 0 fully saturated rings. The average molecular weight is 542 g/mol. The number of thioether (sulfide) groups is 1. The molecule has 0 atom stereocenters. The van der Waals surface area contributed by atoms with Gasteiger partial charge in [-0.25, -0.2) is 0 Å². The fraction of sp³-hybridized carbons (Fsp3) is 0.192. The van der Waals surface area contributed by atoms with Crippen LogP contribution in [0, 0.1) is 0 Å². The maximum atomic E-state index is 12.2. The van der Waals surface area contributed by atoms with Crippen molar-refractivity contribution in [2.75, 3.05) is 28.7 Å². The van der Waals surface area contributed by atoms with Crippen molar-refractivity contribution in [1.29, 1.82) is 0 Å². The van der Waals surface area contributed by atoms with Gasteiger partial charge in [-0.2, -0.15) is 0 Å². The number of anilines is 2. The van der Waals surface area contributed by atoms with Crippen molar-refractivity contribution in [1.82, 2.24) is 0 Å². The number of carbonyl (C=O) groups is 1. The van der Waals surface area contributed by atoms with E-state index in [1.54, 1.807) is 11.8 Å². The number of carbonyl (C=O) groups excluding carboxylic acids is 1. The second kappa shape index (κ2) is 12.0. The molecule has 0 unspecified atom stereocenters. The highest BCUT2D eigenvalue weighted by Crippen LogP contribution is 2.32. The second-order valence-corrected chi connectivity index (χ2v) is 9.43. The van der Waals surface area contributed by atoms with Crippen LogP contribution in [0.1, 0.15) is 23.1 Å². The van der Waals surface area contributed by atoms with E-state index in [4.69, 9.17) is 0 Å². The van der Waals surface area contributed by atoms with E-state index in [2.05, 4.69) is 106 Å². The zero-order chi connectivity index (χ0) is 22.1. The molecule has 0 radical (unpaired) electrons. The van der Waals surface area contributed by atoms with Crippen molar-refractivity contribution in [2.45, 2.75) is 17.1 Å². The molecular weight excluding hydrogens is 515 g/mol. The van der Waals surface area contributed by atoms with Gasteiger partial charge in [0.05, 0.1) is 5.69 Å². The Balaban J connectivity index is 1.79. The highest BCUT2D eigenvalue weighted by Gasteiger charge is 2.08. The summed E-state index contributed by atoms with van der Waals surface area (Å²) in [5, 5.41) is 3.07. The molecule has 0 bridgehead atoms. The number of hydrogen-bond donors (Lipinski definition) is 1. The Kier molecular flexibility index (Phi) is 9.03. The summed E-state index contributed by atoms with van der Waals surface area (Å²) in [4.78, 5) is 15.3. The number of nitrogens with zero attached hydrogens (tertiary/aromatic N) is 1. The summed E-state index contributed by atoms with van der Waals surface area (Å²) < 4.78 is 0.809. The fourth-order valence-corrected chi connectivity index (χ4v) is 4.47. The topological polar surface area (TPSA) is 32.3 Å². The van der Waals surface area contributed by atoms with Crippen LogP contribution in [0.4, 0.5) is 11.4 Å². The summed E-state index contributed by atoms with van der Waals surface area (Å²) >= 11 is 3.97. The van der Waals surface area contributed by atoms with Gasteiger partial charge in [-0.15, -0.1) is 11.8 Å². The van der Waals surface area contributed by atoms with Crippen LogP contribution in [0.15, 0.2) is 77.7 Å². The van der Waals surface area contributed by atoms with E-state index in [0.717, 1.165) is 31.9 Å². The first kappa shape index (κ1) is 23.4. The van der Waals surface area contributed by atoms with E-state index in [9.17, 15) is 4.79 Å². The van der Waals surface area contributed by atoms with Crippen molar-refractivity contribution in [3.63, 3.8) is 0 Å². The summed E-state index contributed by atoms with van der Waals surface area (Å²) in [6, 6.07) is 25.1. The Hall–Kier alpha value is -2.25. The zero-order valence-electron chi connectivity index (χ0n) is 17.8. The van der Waals surface area contributed by atoms with Crippen molar-refractivity contribution < 1.29 is 4.79 Å². The summed E-state index contributed by atoms with van der Waals surface area (Å²) in [6.07, 6.45) is 4.76. The van der Waals surface area contributed by atoms with E-state index < -0.39 is 0 Å². The Morgan fingerprint density at radius 1 is 0.968 bits per heavy atom. The van der Waals surface area contributed by atoms with Crippen LogP contribution in [0.25, 0.3) is 12.2 Å². The molecule has 3 nitrogen and oxygen atoms in total. The van der Waals surface area contributed by atoms with Crippen LogP contribution in [-0.2, 0) is 10.5 Å². The van der Waals surface area contributed by atoms with E-state index in [0.29, 0.717) is 6.42 Å². The van der Waals surface area contributed by atoms with E-state index in [-0.39, 0.29) is 5.91 Å². The largest absolute Gasteiger partial charge is 0.378 e. The predicted molar refractivity (Wildman–Crippen MR) is 144 cm³/mol. The van der Waals surface area contributed by atoms with Crippen LogP contribution in [0.5, 0.6) is 0 Å². The maximum Gasteiger partial charge on any atom is 0.225 e. The molecule has 0 saturated heterocycles. The lowest BCUT2D eigenvalue weighted by Gasteiger charge is -2.12. The molecule has 3 aromatic carbocycles. The van der Waals surface area contributed by atoms with Crippen molar-refractivity contribution in [3.05, 3.63) is 89.5 Å². The quantitative estimate of drug-likeness (QED) is 0.137. The number of amides is 1. The first-order chi connectivity index (χ1) is 15.0. The third-order valence-electron chi connectivity index (χ3n) is 4.72. The molecule has 0 aliphatic rings. The van der Waals surface area contributed by atoms with Gasteiger partial charge >= 0.3 is 0 Å². The third-order valence-corrected chi connectivity index (χ3v) is 6.38. The second-order valence-electron chi connectivity index (χ2n) is 7.34. The van der Waals surface area contributed by atoms with Crippen LogP contribution >= 0.6 is 34.4 Å². The molecule has 0 heterocycles. The molecule has 31 heavy (non-hydrogen) atoms. The lowest BCUT2D eigenvalue weighted by molar-refractivity contribution is -0.115. The molecule has 1 N–H and O–H groups in total. The average Bonchev–Trinajstić information content (AvgIpc) is 2.78. The lowest BCUT2D eigenvalue weighted by Crippen LogP contribution is -2.12. The molecular formula is C26H27IN2OS. The summed E-state index contributed by atoms with van der Waals surface area (Å²) in [6.45, 7) is 0. The molecule has 3 aromatic rings. The molecule has 160 valence electrons. The minimum absolute atomic E-state index is 0.0558. The SMILES string of the molecule is CN(C)c1ccc(/C=C/c2ccc(NC(=O)CCI)c(SCc3ccccc3)c2)cc1. The first-order valence-electron chi connectivity index (χ1n) is 10.2. The van der Waals surface area contributed by atoms with Crippen molar-refractivity contribution in [3.8, 4) is 0 Å². The zero-order valence-corrected chi connectivity index (χ0v) is 20.8. The molecule has 5 heteroatoms. The minimum Gasteiger partial charge on any atom is -0.378 e. The Bertz CT molecular complexity index is 1020. The minimum atomic E-state index is 0.0558. The van der Waals surface area contributed by atoms with Gasteiger partial charge in [0.1, 0.15) is 0 Å². The number of nitrogens with one attached hydrogen (secondary N) is 1. The first-order valence-corrected chi connectivity index (χ1v) is 12.7. The van der Waals surface area contributed by atoms with Gasteiger partial charge in [-0.05, 0) is 41.0 Å². The smallest absolute Gasteiger partial charge is 0.225 e. The molecule has 0 spiro atoms. The number of hydrogen-bond acceptors (Lipinski definition) is 3. The number of rotatable bonds is 9.